The molecule has 0 saturated carbocycles. The third kappa shape index (κ3) is 14.9. The summed E-state index contributed by atoms with van der Waals surface area (Å²) in [6.45, 7) is 1.25. The highest BCUT2D eigenvalue weighted by Crippen LogP contribution is 2.34. The van der Waals surface area contributed by atoms with Crippen molar-refractivity contribution in [2.24, 2.45) is 0 Å². The molecular weight excluding hydrogens is 614 g/mol. The van der Waals surface area contributed by atoms with Gasteiger partial charge in [-0.1, -0.05) is 0 Å². The molecular formula is C25H45N3O17. The number of aliphatic hydroxyl groups excluding tert-OH is 4. The van der Waals surface area contributed by atoms with Gasteiger partial charge in [0.1, 0.15) is 37.6 Å². The standard InChI is InChI=1S/C25H45N3O17/c1-15(2)44-25(42-14-30)10-17(31)20(22(45-25)21(34)18(32)12-29)28-19(33)11-26-23(35)16(13-40-7-9-43-37)27-24(36)41-8-6-39-5-4-38-3/h14-18,20-22,29,31-32,34,37H,4-13H2,1-3H3,(H,26,35)(H,27,36)(H,28,33). The zero-order chi connectivity index (χ0) is 33.8. The van der Waals surface area contributed by atoms with Crippen LogP contribution in [-0.4, -0.2) is 165 Å². The van der Waals surface area contributed by atoms with E-state index in [1.165, 1.54) is 7.11 Å². The Morgan fingerprint density at radius 2 is 1.76 bits per heavy atom. The van der Waals surface area contributed by atoms with Crippen LogP contribution < -0.4 is 16.0 Å². The summed E-state index contributed by atoms with van der Waals surface area (Å²) in [6.07, 6.45) is -9.12. The average molecular weight is 660 g/mol. The fourth-order valence-corrected chi connectivity index (χ4v) is 3.96. The van der Waals surface area contributed by atoms with E-state index in [0.29, 0.717) is 6.61 Å². The predicted molar refractivity (Wildman–Crippen MR) is 146 cm³/mol. The molecule has 0 aromatic rings. The molecule has 1 saturated heterocycles. The maximum Gasteiger partial charge on any atom is 0.407 e. The Kier molecular flexibility index (Phi) is 19.6. The fourth-order valence-electron chi connectivity index (χ4n) is 3.96. The summed E-state index contributed by atoms with van der Waals surface area (Å²) in [5.74, 6) is -4.00. The van der Waals surface area contributed by atoms with Crippen molar-refractivity contribution in [2.45, 2.75) is 68.8 Å². The van der Waals surface area contributed by atoms with Crippen LogP contribution in [0.5, 0.6) is 0 Å². The Labute approximate surface area is 259 Å². The third-order valence-corrected chi connectivity index (χ3v) is 5.96. The topological polar surface area (TPSA) is 279 Å². The van der Waals surface area contributed by atoms with Gasteiger partial charge in [0.05, 0.1) is 70.9 Å². The number of alkyl carbamates (subject to hydrolysis) is 1. The second kappa shape index (κ2) is 21.9. The van der Waals surface area contributed by atoms with Gasteiger partial charge in [0.15, 0.2) is 0 Å². The molecule has 0 aromatic heterocycles. The van der Waals surface area contributed by atoms with E-state index in [-0.39, 0.29) is 39.5 Å². The van der Waals surface area contributed by atoms with E-state index in [1.807, 2.05) is 0 Å². The molecule has 0 bridgehead atoms. The Morgan fingerprint density at radius 3 is 2.38 bits per heavy atom. The number of ether oxygens (including phenoxy) is 7. The van der Waals surface area contributed by atoms with Crippen LogP contribution in [0.4, 0.5) is 4.79 Å². The number of aliphatic hydroxyl groups is 4. The smallest absolute Gasteiger partial charge is 0.407 e. The van der Waals surface area contributed by atoms with E-state index in [1.54, 1.807) is 13.8 Å². The van der Waals surface area contributed by atoms with Gasteiger partial charge >= 0.3 is 12.1 Å². The molecule has 20 heteroatoms. The van der Waals surface area contributed by atoms with E-state index in [9.17, 15) is 39.6 Å². The molecule has 3 amide bonds. The van der Waals surface area contributed by atoms with Crippen molar-refractivity contribution in [3.8, 4) is 0 Å². The first kappa shape index (κ1) is 40.3. The number of carbonyl (C=O) groups is 4. The Bertz CT molecular complexity index is 884. The summed E-state index contributed by atoms with van der Waals surface area (Å²) >= 11 is 0. The van der Waals surface area contributed by atoms with Gasteiger partial charge in [0.2, 0.25) is 11.8 Å². The molecule has 0 spiro atoms. The number of hydrogen-bond donors (Lipinski definition) is 8. The van der Waals surface area contributed by atoms with Gasteiger partial charge in [0.25, 0.3) is 6.47 Å². The minimum Gasteiger partial charge on any atom is -0.447 e. The van der Waals surface area contributed by atoms with Crippen LogP contribution in [0, 0.1) is 0 Å². The van der Waals surface area contributed by atoms with Gasteiger partial charge in [-0.3, -0.25) is 19.6 Å². The van der Waals surface area contributed by atoms with Crippen LogP contribution in [0.1, 0.15) is 20.3 Å². The molecule has 20 nitrogen and oxygen atoms in total. The lowest BCUT2D eigenvalue weighted by atomic mass is 9.91. The molecule has 0 radical (unpaired) electrons. The summed E-state index contributed by atoms with van der Waals surface area (Å²) < 4.78 is 36.2. The summed E-state index contributed by atoms with van der Waals surface area (Å²) in [5.41, 5.74) is 0. The van der Waals surface area contributed by atoms with Crippen LogP contribution >= 0.6 is 0 Å². The van der Waals surface area contributed by atoms with Crippen molar-refractivity contribution in [2.75, 3.05) is 66.5 Å². The Balaban J connectivity index is 2.89. The van der Waals surface area contributed by atoms with Crippen molar-refractivity contribution in [1.29, 1.82) is 0 Å². The van der Waals surface area contributed by atoms with E-state index in [2.05, 4.69) is 20.8 Å². The second-order valence-corrected chi connectivity index (χ2v) is 9.82. The van der Waals surface area contributed by atoms with Crippen molar-refractivity contribution in [3.63, 3.8) is 0 Å². The lowest BCUT2D eigenvalue weighted by Gasteiger charge is -2.47. The van der Waals surface area contributed by atoms with Crippen LogP contribution in [-0.2, 0) is 52.4 Å². The highest BCUT2D eigenvalue weighted by molar-refractivity contribution is 5.89. The monoisotopic (exact) mass is 659 g/mol. The molecule has 0 aromatic carbocycles. The van der Waals surface area contributed by atoms with Crippen LogP contribution in [0.15, 0.2) is 0 Å². The summed E-state index contributed by atoms with van der Waals surface area (Å²) in [6, 6.07) is -2.83. The molecule has 1 heterocycles. The zero-order valence-corrected chi connectivity index (χ0v) is 25.3. The van der Waals surface area contributed by atoms with Gasteiger partial charge in [-0.2, -0.15) is 0 Å². The second-order valence-electron chi connectivity index (χ2n) is 9.82. The quantitative estimate of drug-likeness (QED) is 0.0170. The first-order valence-electron chi connectivity index (χ1n) is 14.0. The van der Waals surface area contributed by atoms with E-state index in [0.717, 1.165) is 0 Å². The van der Waals surface area contributed by atoms with Crippen molar-refractivity contribution in [3.05, 3.63) is 0 Å². The number of carbonyl (C=O) groups excluding carboxylic acids is 4. The fraction of sp³-hybridized carbons (Fsp3) is 0.840. The molecule has 7 atom stereocenters. The number of methoxy groups -OCH3 is 1. The van der Waals surface area contributed by atoms with E-state index < -0.39 is 92.7 Å². The highest BCUT2D eigenvalue weighted by Gasteiger charge is 2.53. The molecule has 45 heavy (non-hydrogen) atoms. The van der Waals surface area contributed by atoms with E-state index in [4.69, 9.17) is 38.4 Å². The van der Waals surface area contributed by atoms with Crippen molar-refractivity contribution in [1.82, 2.24) is 16.0 Å². The minimum atomic E-state index is -2.20. The van der Waals surface area contributed by atoms with Gasteiger partial charge in [-0.05, 0) is 13.8 Å². The molecule has 262 valence electrons. The summed E-state index contributed by atoms with van der Waals surface area (Å²) in [4.78, 5) is 52.9. The zero-order valence-electron chi connectivity index (χ0n) is 25.3. The third-order valence-electron chi connectivity index (χ3n) is 5.96. The van der Waals surface area contributed by atoms with Gasteiger partial charge in [-0.25, -0.2) is 9.68 Å². The predicted octanol–water partition coefficient (Wildman–Crippen LogP) is -4.03. The maximum absolute atomic E-state index is 12.8. The Morgan fingerprint density at radius 1 is 1.07 bits per heavy atom. The van der Waals surface area contributed by atoms with Crippen LogP contribution in [0.2, 0.25) is 0 Å². The number of rotatable bonds is 23. The van der Waals surface area contributed by atoms with Crippen LogP contribution in [0.25, 0.3) is 0 Å². The largest absolute Gasteiger partial charge is 0.447 e. The van der Waals surface area contributed by atoms with Crippen molar-refractivity contribution < 1.29 is 82.9 Å². The SMILES string of the molecule is COCCOCCOC(=O)NC(COCCOO)C(=O)NCC(=O)NC1C(O)CC(OC=O)(OC(C)C)OC1C(O)C(O)CO. The minimum absolute atomic E-state index is 0.00689. The highest BCUT2D eigenvalue weighted by atomic mass is 17.1. The molecule has 8 N–H and O–H groups in total. The lowest BCUT2D eigenvalue weighted by molar-refractivity contribution is -0.417. The molecule has 0 aliphatic carbocycles. The molecule has 1 rings (SSSR count). The average Bonchev–Trinajstić information content (AvgIpc) is 2.99. The Hall–Kier alpha value is -2.76. The first-order chi connectivity index (χ1) is 21.4. The summed E-state index contributed by atoms with van der Waals surface area (Å²) in [5, 5.41) is 56.2. The van der Waals surface area contributed by atoms with Gasteiger partial charge in [-0.15, -0.1) is 0 Å². The molecule has 1 fully saturated rings. The van der Waals surface area contributed by atoms with Gasteiger partial charge in [0, 0.05) is 7.11 Å². The molecule has 7 unspecified atom stereocenters. The number of nitrogens with one attached hydrogen (secondary N) is 3. The first-order valence-corrected chi connectivity index (χ1v) is 14.0. The van der Waals surface area contributed by atoms with Crippen molar-refractivity contribution >= 4 is 24.4 Å². The molecule has 1 aliphatic heterocycles. The van der Waals surface area contributed by atoms with Crippen LogP contribution in [0.3, 0.4) is 0 Å². The molecule has 1 aliphatic rings. The lowest BCUT2D eigenvalue weighted by Crippen LogP contribution is -2.67. The maximum atomic E-state index is 12.8. The van der Waals surface area contributed by atoms with Gasteiger partial charge < -0.3 is 69.5 Å². The number of hydrogen-bond acceptors (Lipinski definition) is 17. The summed E-state index contributed by atoms with van der Waals surface area (Å²) in [7, 11) is 1.50. The van der Waals surface area contributed by atoms with E-state index >= 15 is 0 Å². The normalized spacial score (nSPS) is 23.4. The number of amides is 3.